The number of rotatable bonds is 8. The van der Waals surface area contributed by atoms with Crippen molar-refractivity contribution in [2.45, 2.75) is 18.9 Å². The number of imidazole rings is 1. The van der Waals surface area contributed by atoms with Crippen molar-refractivity contribution in [2.75, 3.05) is 19.0 Å². The molecule has 0 saturated carbocycles. The van der Waals surface area contributed by atoms with Gasteiger partial charge < -0.3 is 29.9 Å². The molecule has 0 saturated heterocycles. The zero-order chi connectivity index (χ0) is 17.0. The van der Waals surface area contributed by atoms with E-state index >= 15 is 0 Å². The van der Waals surface area contributed by atoms with Gasteiger partial charge in [0.05, 0.1) is 12.9 Å². The lowest BCUT2D eigenvalue weighted by atomic mass is 10.2. The average molecular weight is 367 g/mol. The summed E-state index contributed by atoms with van der Waals surface area (Å²) >= 11 is 4.29. The number of fused-ring (bicyclic) bond motifs is 1. The van der Waals surface area contributed by atoms with Crippen LogP contribution in [-0.2, 0) is 27.8 Å². The number of nitrogens with zero attached hydrogens (tertiary/aromatic N) is 4. The van der Waals surface area contributed by atoms with Crippen LogP contribution in [0.5, 0.6) is 0 Å². The fourth-order valence-corrected chi connectivity index (χ4v) is 2.23. The van der Waals surface area contributed by atoms with Crippen LogP contribution in [0.4, 0.5) is 10.2 Å². The third kappa shape index (κ3) is 4.85. The molecule has 2 aromatic heterocycles. The Kier molecular flexibility index (Phi) is 5.92. The molecule has 0 aliphatic rings. The fraction of sp³-hybridized carbons (Fsp3) is 0.500. The molecule has 0 bridgehead atoms. The van der Waals surface area contributed by atoms with Crippen molar-refractivity contribution in [3.8, 4) is 0 Å². The van der Waals surface area contributed by atoms with Crippen LogP contribution in [0.3, 0.4) is 0 Å². The van der Waals surface area contributed by atoms with E-state index in [4.69, 9.17) is 20.3 Å². The van der Waals surface area contributed by atoms with E-state index < -0.39 is 32.2 Å². The Morgan fingerprint density at radius 2 is 2.13 bits per heavy atom. The molecule has 13 heteroatoms. The van der Waals surface area contributed by atoms with Gasteiger partial charge in [0, 0.05) is 0 Å². The second-order valence-corrected chi connectivity index (χ2v) is 7.15. The van der Waals surface area contributed by atoms with Crippen molar-refractivity contribution < 1.29 is 28.5 Å². The van der Waals surface area contributed by atoms with Gasteiger partial charge >= 0.3 is 6.72 Å². The monoisotopic (exact) mass is 367 g/mol. The lowest BCUT2D eigenvalue weighted by Crippen LogP contribution is -2.35. The molecule has 0 aliphatic heterocycles. The highest BCUT2D eigenvalue weighted by molar-refractivity contribution is 8.06. The fourth-order valence-electron chi connectivity index (χ4n) is 1.71. The lowest BCUT2D eigenvalue weighted by molar-refractivity contribution is -0.0889. The van der Waals surface area contributed by atoms with Gasteiger partial charge in [0.25, 0.3) is 0 Å². The summed E-state index contributed by atoms with van der Waals surface area (Å²) in [5, 5.41) is 9.57. The minimum atomic E-state index is -3.94. The van der Waals surface area contributed by atoms with Crippen LogP contribution in [0.1, 0.15) is 0 Å². The van der Waals surface area contributed by atoms with Crippen LogP contribution < -0.4 is 5.73 Å². The molecular formula is C10H15FN5O5PS. The van der Waals surface area contributed by atoms with Gasteiger partial charge in [-0.25, -0.2) is 19.3 Å². The predicted molar refractivity (Wildman–Crippen MR) is 81.3 cm³/mol. The van der Waals surface area contributed by atoms with Crippen molar-refractivity contribution in [1.29, 1.82) is 0 Å². The number of aromatic nitrogens is 4. The van der Waals surface area contributed by atoms with Gasteiger partial charge in [-0.2, -0.15) is 0 Å². The van der Waals surface area contributed by atoms with E-state index in [0.717, 1.165) is 0 Å². The number of aliphatic hydroxyl groups excluding tert-OH is 1. The second kappa shape index (κ2) is 7.53. The Bertz CT molecular complexity index is 712. The Labute approximate surface area is 135 Å². The molecule has 0 radical (unpaired) electrons. The molecule has 0 unspecified atom stereocenters. The summed E-state index contributed by atoms with van der Waals surface area (Å²) in [6, 6.07) is 0. The first kappa shape index (κ1) is 18.1. The summed E-state index contributed by atoms with van der Waals surface area (Å²) in [6.07, 6.45) is -0.0533. The maximum Gasteiger partial charge on any atom is 0.321 e. The number of halogens is 1. The van der Waals surface area contributed by atoms with E-state index in [1.54, 1.807) is 0 Å². The summed E-state index contributed by atoms with van der Waals surface area (Å²) in [5.41, 5.74) is 6.41. The van der Waals surface area contributed by atoms with Crippen molar-refractivity contribution in [1.82, 2.24) is 19.5 Å². The van der Waals surface area contributed by atoms with Gasteiger partial charge in [-0.1, -0.05) is 0 Å². The summed E-state index contributed by atoms with van der Waals surface area (Å²) in [6.45, 7) is -5.68. The highest BCUT2D eigenvalue weighted by atomic mass is 32.5. The zero-order valence-electron chi connectivity index (χ0n) is 11.7. The molecular weight excluding hydrogens is 352 g/mol. The maximum absolute atomic E-state index is 12.6. The van der Waals surface area contributed by atoms with E-state index in [0.29, 0.717) is 11.2 Å². The van der Waals surface area contributed by atoms with Crippen LogP contribution in [0.25, 0.3) is 11.2 Å². The van der Waals surface area contributed by atoms with Gasteiger partial charge in [0.1, 0.15) is 37.5 Å². The number of nitrogen functional groups attached to an aromatic ring is 1. The molecule has 128 valence electrons. The van der Waals surface area contributed by atoms with Crippen molar-refractivity contribution in [2.24, 2.45) is 0 Å². The Morgan fingerprint density at radius 1 is 1.39 bits per heavy atom. The first-order chi connectivity index (χ1) is 10.8. The standard InChI is InChI=1S/C10H15FN5O5PS/c11-1-6(17)7(2-21-22(18,19)23)20-5-16-4-15-8-9(12)13-3-14-10(8)16/h3-4,6-7,17H,1-2,5H2,(H2,12,13,14)(H2,18,19,23)/t6-,7-/m1/s1. The molecule has 0 spiro atoms. The molecule has 0 amide bonds. The van der Waals surface area contributed by atoms with Gasteiger partial charge in [-0.15, -0.1) is 0 Å². The summed E-state index contributed by atoms with van der Waals surface area (Å²) < 4.78 is 24.0. The van der Waals surface area contributed by atoms with E-state index in [-0.39, 0.29) is 12.5 Å². The van der Waals surface area contributed by atoms with Gasteiger partial charge in [0.2, 0.25) is 0 Å². The number of anilines is 1. The molecule has 10 nitrogen and oxygen atoms in total. The third-order valence-electron chi connectivity index (χ3n) is 2.85. The Hall–Kier alpha value is -1.27. The largest absolute Gasteiger partial charge is 0.388 e. The zero-order valence-corrected chi connectivity index (χ0v) is 13.4. The predicted octanol–water partition coefficient (Wildman–Crippen LogP) is -0.693. The van der Waals surface area contributed by atoms with Crippen LogP contribution in [0.2, 0.25) is 0 Å². The molecule has 2 rings (SSSR count). The highest BCUT2D eigenvalue weighted by Gasteiger charge is 2.23. The normalized spacial score (nSPS) is 15.0. The average Bonchev–Trinajstić information content (AvgIpc) is 2.90. The molecule has 0 aromatic carbocycles. The molecule has 2 aromatic rings. The summed E-state index contributed by atoms with van der Waals surface area (Å²) in [5.74, 6) is 0.193. The number of aliphatic hydroxyl groups is 1. The molecule has 0 fully saturated rings. The van der Waals surface area contributed by atoms with Crippen molar-refractivity contribution in [3.63, 3.8) is 0 Å². The van der Waals surface area contributed by atoms with Crippen LogP contribution >= 0.6 is 6.72 Å². The number of hydrogen-bond acceptors (Lipinski definition) is 8. The molecule has 0 aliphatic carbocycles. The Morgan fingerprint density at radius 3 is 2.78 bits per heavy atom. The van der Waals surface area contributed by atoms with E-state index in [2.05, 4.69) is 31.3 Å². The smallest absolute Gasteiger partial charge is 0.321 e. The van der Waals surface area contributed by atoms with Crippen molar-refractivity contribution >= 4 is 35.5 Å². The van der Waals surface area contributed by atoms with Gasteiger partial charge in [-0.3, -0.25) is 4.57 Å². The van der Waals surface area contributed by atoms with E-state index in [1.807, 2.05) is 0 Å². The van der Waals surface area contributed by atoms with Gasteiger partial charge in [-0.05, 0) is 11.8 Å². The number of hydrogen-bond donors (Lipinski definition) is 4. The quantitative estimate of drug-likeness (QED) is 0.442. The topological polar surface area (TPSA) is 149 Å². The number of nitrogens with two attached hydrogens (primary N) is 1. The van der Waals surface area contributed by atoms with Gasteiger partial charge in [0.15, 0.2) is 11.5 Å². The Balaban J connectivity index is 2.07. The van der Waals surface area contributed by atoms with Crippen LogP contribution in [0.15, 0.2) is 12.7 Å². The highest BCUT2D eigenvalue weighted by Crippen LogP contribution is 2.36. The van der Waals surface area contributed by atoms with E-state index in [9.17, 15) is 9.50 Å². The molecule has 5 N–H and O–H groups in total. The van der Waals surface area contributed by atoms with Crippen LogP contribution in [0, 0.1) is 0 Å². The van der Waals surface area contributed by atoms with E-state index in [1.165, 1.54) is 17.2 Å². The van der Waals surface area contributed by atoms with Crippen molar-refractivity contribution in [3.05, 3.63) is 12.7 Å². The summed E-state index contributed by atoms with van der Waals surface area (Å²) in [4.78, 5) is 29.9. The van der Waals surface area contributed by atoms with Crippen LogP contribution in [-0.4, -0.2) is 59.9 Å². The minimum Gasteiger partial charge on any atom is -0.388 e. The second-order valence-electron chi connectivity index (χ2n) is 4.49. The first-order valence-corrected chi connectivity index (χ1v) is 8.91. The molecule has 2 heterocycles. The SMILES string of the molecule is Nc1ncnc2c1ncn2CO[C@H](COP(O)(O)=S)[C@H](O)CF. The lowest BCUT2D eigenvalue weighted by Gasteiger charge is -2.22. The molecule has 23 heavy (non-hydrogen) atoms. The number of ether oxygens (including phenoxy) is 1. The summed E-state index contributed by atoms with van der Waals surface area (Å²) in [7, 11) is 0. The third-order valence-corrected chi connectivity index (χ3v) is 3.65. The maximum atomic E-state index is 12.6. The minimum absolute atomic E-state index is 0.155. The molecule has 2 atom stereocenters. The first-order valence-electron chi connectivity index (χ1n) is 6.29. The number of alkyl halides is 1.